The van der Waals surface area contributed by atoms with Crippen molar-refractivity contribution in [1.29, 1.82) is 0 Å². The van der Waals surface area contributed by atoms with E-state index in [9.17, 15) is 4.79 Å². The van der Waals surface area contributed by atoms with Crippen LogP contribution >= 0.6 is 15.9 Å². The van der Waals surface area contributed by atoms with Crippen molar-refractivity contribution in [2.75, 3.05) is 31.1 Å². The number of nitrogens with zero attached hydrogens (tertiary/aromatic N) is 6. The van der Waals surface area contributed by atoms with Gasteiger partial charge in [-0.1, -0.05) is 15.9 Å². The molecule has 1 fully saturated rings. The highest BCUT2D eigenvalue weighted by molar-refractivity contribution is 9.10. The lowest BCUT2D eigenvalue weighted by Crippen LogP contribution is -2.49. The molecule has 0 atom stereocenters. The molecule has 3 heterocycles. The molecular weight excluding hydrogens is 396 g/mol. The van der Waals surface area contributed by atoms with Crippen molar-refractivity contribution >= 4 is 27.7 Å². The van der Waals surface area contributed by atoms with Gasteiger partial charge in [-0.15, -0.1) is 0 Å². The number of amides is 1. The molecule has 1 aromatic carbocycles. The number of halogens is 1. The van der Waals surface area contributed by atoms with Gasteiger partial charge in [-0.05, 0) is 30.3 Å². The zero-order chi connectivity index (χ0) is 17.9. The van der Waals surface area contributed by atoms with Gasteiger partial charge in [0.05, 0.1) is 0 Å². The van der Waals surface area contributed by atoms with Crippen molar-refractivity contribution in [3.63, 3.8) is 0 Å². The lowest BCUT2D eigenvalue weighted by atomic mass is 10.2. The smallest absolute Gasteiger partial charge is 0.253 e. The third-order valence-corrected chi connectivity index (χ3v) is 4.89. The van der Waals surface area contributed by atoms with Crippen LogP contribution in [0.2, 0.25) is 0 Å². The Balaban J connectivity index is 1.43. The minimum atomic E-state index is 0.0667. The molecule has 132 valence electrons. The Morgan fingerprint density at radius 3 is 2.42 bits per heavy atom. The van der Waals surface area contributed by atoms with Gasteiger partial charge in [-0.2, -0.15) is 5.10 Å². The van der Waals surface area contributed by atoms with Crippen molar-refractivity contribution in [2.45, 2.75) is 0 Å². The summed E-state index contributed by atoms with van der Waals surface area (Å²) in [4.78, 5) is 25.3. The molecule has 4 rings (SSSR count). The van der Waals surface area contributed by atoms with Crippen LogP contribution in [0.15, 0.2) is 59.6 Å². The Morgan fingerprint density at radius 1 is 1.00 bits per heavy atom. The van der Waals surface area contributed by atoms with Crippen molar-refractivity contribution in [2.24, 2.45) is 0 Å². The van der Waals surface area contributed by atoms with Gasteiger partial charge in [0.1, 0.15) is 12.1 Å². The largest absolute Gasteiger partial charge is 0.353 e. The average molecular weight is 413 g/mol. The van der Waals surface area contributed by atoms with Gasteiger partial charge in [0.15, 0.2) is 5.82 Å². The number of carbonyl (C=O) groups is 1. The monoisotopic (exact) mass is 412 g/mol. The number of carbonyl (C=O) groups excluding carboxylic acids is 1. The normalized spacial score (nSPS) is 14.5. The molecule has 1 aliphatic heterocycles. The molecule has 7 nitrogen and oxygen atoms in total. The van der Waals surface area contributed by atoms with E-state index in [4.69, 9.17) is 0 Å². The number of anilines is 1. The zero-order valence-electron chi connectivity index (χ0n) is 14.0. The fourth-order valence-electron chi connectivity index (χ4n) is 2.95. The maximum atomic E-state index is 12.6. The van der Waals surface area contributed by atoms with E-state index in [1.54, 1.807) is 17.2 Å². The summed E-state index contributed by atoms with van der Waals surface area (Å²) in [6.07, 6.45) is 5.11. The third-order valence-electron chi connectivity index (χ3n) is 4.36. The molecule has 2 aromatic heterocycles. The van der Waals surface area contributed by atoms with E-state index >= 15 is 0 Å². The van der Waals surface area contributed by atoms with E-state index in [1.165, 1.54) is 0 Å². The first-order valence-corrected chi connectivity index (χ1v) is 9.12. The van der Waals surface area contributed by atoms with Crippen molar-refractivity contribution in [3.05, 3.63) is 65.2 Å². The SMILES string of the molecule is O=C(c1ccc(Br)cc1)N1CCN(c2cc(-n3cccn3)ncn2)CC1. The second-order valence-electron chi connectivity index (χ2n) is 5.97. The Morgan fingerprint density at radius 2 is 1.73 bits per heavy atom. The molecule has 1 saturated heterocycles. The number of aromatic nitrogens is 4. The van der Waals surface area contributed by atoms with Gasteiger partial charge in [0.25, 0.3) is 5.91 Å². The first kappa shape index (κ1) is 16.7. The van der Waals surface area contributed by atoms with Crippen LogP contribution in [0.25, 0.3) is 5.82 Å². The minimum absolute atomic E-state index is 0.0667. The van der Waals surface area contributed by atoms with E-state index in [2.05, 4.69) is 35.9 Å². The molecule has 1 aliphatic rings. The van der Waals surface area contributed by atoms with Crippen LogP contribution in [0.1, 0.15) is 10.4 Å². The summed E-state index contributed by atoms with van der Waals surface area (Å²) in [7, 11) is 0. The molecule has 0 N–H and O–H groups in total. The van der Waals surface area contributed by atoms with Crippen LogP contribution in [0.3, 0.4) is 0 Å². The number of piperazine rings is 1. The van der Waals surface area contributed by atoms with E-state index in [-0.39, 0.29) is 5.91 Å². The second-order valence-corrected chi connectivity index (χ2v) is 6.89. The summed E-state index contributed by atoms with van der Waals surface area (Å²) < 4.78 is 2.67. The van der Waals surface area contributed by atoms with Crippen LogP contribution in [-0.2, 0) is 0 Å². The van der Waals surface area contributed by atoms with E-state index < -0.39 is 0 Å². The zero-order valence-corrected chi connectivity index (χ0v) is 15.6. The Bertz CT molecular complexity index is 888. The lowest BCUT2D eigenvalue weighted by molar-refractivity contribution is 0.0746. The Hall–Kier alpha value is -2.74. The summed E-state index contributed by atoms with van der Waals surface area (Å²) >= 11 is 3.39. The predicted molar refractivity (Wildman–Crippen MR) is 101 cm³/mol. The van der Waals surface area contributed by atoms with Gasteiger partial charge in [-0.25, -0.2) is 14.6 Å². The molecule has 0 radical (unpaired) electrons. The maximum absolute atomic E-state index is 12.6. The number of hydrogen-bond acceptors (Lipinski definition) is 5. The molecule has 0 bridgehead atoms. The number of rotatable bonds is 3. The van der Waals surface area contributed by atoms with Gasteiger partial charge >= 0.3 is 0 Å². The summed E-state index contributed by atoms with van der Waals surface area (Å²) in [5, 5.41) is 4.20. The van der Waals surface area contributed by atoms with Crippen LogP contribution in [-0.4, -0.2) is 56.7 Å². The molecule has 0 aliphatic carbocycles. The van der Waals surface area contributed by atoms with Crippen molar-refractivity contribution < 1.29 is 4.79 Å². The predicted octanol–water partition coefficient (Wildman–Crippen LogP) is 2.39. The van der Waals surface area contributed by atoms with Crippen molar-refractivity contribution in [1.82, 2.24) is 24.6 Å². The standard InChI is InChI=1S/C18H17BrN6O/c19-15-4-2-14(3-5-15)18(26)24-10-8-23(9-11-24)16-12-17(21-13-20-16)25-7-1-6-22-25/h1-7,12-13H,8-11H2. The highest BCUT2D eigenvalue weighted by Crippen LogP contribution is 2.18. The topological polar surface area (TPSA) is 67.2 Å². The van der Waals surface area contributed by atoms with Gasteiger partial charge in [-0.3, -0.25) is 4.79 Å². The van der Waals surface area contributed by atoms with E-state index in [0.717, 1.165) is 29.2 Å². The number of hydrogen-bond donors (Lipinski definition) is 0. The molecule has 3 aromatic rings. The lowest BCUT2D eigenvalue weighted by Gasteiger charge is -2.35. The van der Waals surface area contributed by atoms with Crippen molar-refractivity contribution in [3.8, 4) is 5.82 Å². The van der Waals surface area contributed by atoms with Gasteiger partial charge in [0.2, 0.25) is 0 Å². The molecule has 26 heavy (non-hydrogen) atoms. The summed E-state index contributed by atoms with van der Waals surface area (Å²) in [5.41, 5.74) is 0.713. The molecule has 8 heteroatoms. The maximum Gasteiger partial charge on any atom is 0.253 e. The van der Waals surface area contributed by atoms with Gasteiger partial charge in [0, 0.05) is 54.7 Å². The summed E-state index contributed by atoms with van der Waals surface area (Å²) in [6.45, 7) is 2.79. The highest BCUT2D eigenvalue weighted by Gasteiger charge is 2.23. The quantitative estimate of drug-likeness (QED) is 0.660. The molecular formula is C18H17BrN6O. The summed E-state index contributed by atoms with van der Waals surface area (Å²) in [6, 6.07) is 11.2. The summed E-state index contributed by atoms with van der Waals surface area (Å²) in [5.74, 6) is 1.65. The number of benzene rings is 1. The fourth-order valence-corrected chi connectivity index (χ4v) is 3.22. The van der Waals surface area contributed by atoms with E-state index in [0.29, 0.717) is 18.7 Å². The fraction of sp³-hybridized carbons (Fsp3) is 0.222. The molecule has 0 saturated carbocycles. The van der Waals surface area contributed by atoms with Crippen LogP contribution in [0.5, 0.6) is 0 Å². The second kappa shape index (κ2) is 7.25. The molecule has 0 spiro atoms. The Kier molecular flexibility index (Phi) is 4.66. The first-order chi connectivity index (χ1) is 12.7. The average Bonchev–Trinajstić information content (AvgIpc) is 3.23. The van der Waals surface area contributed by atoms with Crippen LogP contribution < -0.4 is 4.90 Å². The highest BCUT2D eigenvalue weighted by atomic mass is 79.9. The minimum Gasteiger partial charge on any atom is -0.353 e. The molecule has 0 unspecified atom stereocenters. The van der Waals surface area contributed by atoms with E-state index in [1.807, 2.05) is 47.5 Å². The third kappa shape index (κ3) is 3.45. The molecule has 1 amide bonds. The van der Waals surface area contributed by atoms with Crippen LogP contribution in [0, 0.1) is 0 Å². The first-order valence-electron chi connectivity index (χ1n) is 8.32. The van der Waals surface area contributed by atoms with Crippen LogP contribution in [0.4, 0.5) is 5.82 Å². The van der Waals surface area contributed by atoms with Gasteiger partial charge < -0.3 is 9.80 Å². The Labute approximate surface area is 159 Å².